The van der Waals surface area contributed by atoms with E-state index in [9.17, 15) is 9.59 Å². The number of aromatic amines is 1. The van der Waals surface area contributed by atoms with Crippen molar-refractivity contribution in [2.45, 2.75) is 51.6 Å². The van der Waals surface area contributed by atoms with Crippen molar-refractivity contribution in [2.24, 2.45) is 0 Å². The monoisotopic (exact) mass is 402 g/mol. The maximum absolute atomic E-state index is 15.4. The van der Waals surface area contributed by atoms with Gasteiger partial charge in [0.2, 0.25) is 0 Å². The van der Waals surface area contributed by atoms with Crippen molar-refractivity contribution in [3.8, 4) is 0 Å². The molecule has 0 spiro atoms. The van der Waals surface area contributed by atoms with Crippen LogP contribution in [0.25, 0.3) is 15.6 Å². The van der Waals surface area contributed by atoms with Crippen molar-refractivity contribution in [3.63, 3.8) is 0 Å². The molecule has 28 heavy (non-hydrogen) atoms. The lowest BCUT2D eigenvalue weighted by Crippen LogP contribution is -2.54. The summed E-state index contributed by atoms with van der Waals surface area (Å²) in [7, 11) is 0. The Kier molecular flexibility index (Phi) is 3.93. The van der Waals surface area contributed by atoms with Crippen LogP contribution in [-0.2, 0) is 0 Å². The molecule has 1 aliphatic heterocycles. The zero-order chi connectivity index (χ0) is 19.7. The Balaban J connectivity index is 1.85. The molecule has 4 heterocycles. The first-order valence-electron chi connectivity index (χ1n) is 9.76. The summed E-state index contributed by atoms with van der Waals surface area (Å²) in [5.41, 5.74) is 1.75. The van der Waals surface area contributed by atoms with Gasteiger partial charge in [-0.3, -0.25) is 18.4 Å². The van der Waals surface area contributed by atoms with Crippen LogP contribution in [-0.4, -0.2) is 33.9 Å². The first kappa shape index (κ1) is 17.9. The topological polar surface area (TPSA) is 69.6 Å². The van der Waals surface area contributed by atoms with Crippen molar-refractivity contribution in [1.29, 1.82) is 0 Å². The molecule has 2 atom stereocenters. The molecule has 148 valence electrons. The van der Waals surface area contributed by atoms with E-state index in [0.29, 0.717) is 24.7 Å². The quantitative estimate of drug-likeness (QED) is 0.692. The summed E-state index contributed by atoms with van der Waals surface area (Å²) in [6, 6.07) is 2.33. The van der Waals surface area contributed by atoms with E-state index in [1.54, 1.807) is 6.92 Å². The van der Waals surface area contributed by atoms with E-state index >= 15 is 4.39 Å². The smallest absolute Gasteiger partial charge is 0.271 e. The van der Waals surface area contributed by atoms with E-state index in [2.05, 4.69) is 28.4 Å². The third-order valence-corrected chi connectivity index (χ3v) is 6.83. The second kappa shape index (κ2) is 6.15. The number of hydrogen-bond donors (Lipinski definition) is 2. The molecule has 1 aliphatic carbocycles. The molecule has 6 nitrogen and oxygen atoms in total. The number of piperazine rings is 1. The van der Waals surface area contributed by atoms with Gasteiger partial charge in [0.1, 0.15) is 5.39 Å². The molecule has 0 bridgehead atoms. The number of H-pyrrole nitrogens is 1. The van der Waals surface area contributed by atoms with E-state index in [0.717, 1.165) is 28.6 Å². The van der Waals surface area contributed by atoms with E-state index in [1.165, 1.54) is 15.9 Å². The van der Waals surface area contributed by atoms with Gasteiger partial charge in [0, 0.05) is 25.2 Å². The molecule has 3 aromatic rings. The van der Waals surface area contributed by atoms with Crippen LogP contribution in [0.15, 0.2) is 15.7 Å². The zero-order valence-electron chi connectivity index (χ0n) is 16.1. The Morgan fingerprint density at radius 1 is 1.18 bits per heavy atom. The van der Waals surface area contributed by atoms with Crippen molar-refractivity contribution >= 4 is 32.8 Å². The lowest BCUT2D eigenvalue weighted by atomic mass is 10.0. The van der Waals surface area contributed by atoms with E-state index in [-0.39, 0.29) is 34.5 Å². The number of hydrogen-bond acceptors (Lipinski definition) is 5. The standard InChI is InChI=1S/C20H23FN4O2S/c1-9-7-24(8-10(2)22-9)14-6-13-15(12-4-5-12)18-16(19(26)23-28-18)20(27)25(13)11(3)17(14)21/h6,9-10,12,22H,4-5,7-8H2,1-3H3,(H,23,26)/t9-,10+. The zero-order valence-corrected chi connectivity index (χ0v) is 17.0. The molecule has 0 radical (unpaired) electrons. The third kappa shape index (κ3) is 2.54. The maximum atomic E-state index is 15.4. The van der Waals surface area contributed by atoms with Gasteiger partial charge in [0.15, 0.2) is 5.82 Å². The molecule has 0 unspecified atom stereocenters. The molecule has 0 amide bonds. The number of nitrogens with zero attached hydrogens (tertiary/aromatic N) is 2. The summed E-state index contributed by atoms with van der Waals surface area (Å²) < 4.78 is 20.3. The average molecular weight is 402 g/mol. The molecule has 2 fully saturated rings. The number of fused-ring (bicyclic) bond motifs is 2. The highest BCUT2D eigenvalue weighted by molar-refractivity contribution is 7.13. The van der Waals surface area contributed by atoms with Crippen molar-refractivity contribution in [2.75, 3.05) is 18.0 Å². The molecule has 2 N–H and O–H groups in total. The summed E-state index contributed by atoms with van der Waals surface area (Å²) in [6.45, 7) is 7.23. The molecule has 3 aromatic heterocycles. The van der Waals surface area contributed by atoms with E-state index in [4.69, 9.17) is 0 Å². The Labute approximate surface area is 165 Å². The Bertz CT molecular complexity index is 1210. The predicted molar refractivity (Wildman–Crippen MR) is 111 cm³/mol. The normalized spacial score (nSPS) is 23.1. The second-order valence-electron chi connectivity index (χ2n) is 8.25. The van der Waals surface area contributed by atoms with Crippen LogP contribution in [0.3, 0.4) is 0 Å². The van der Waals surface area contributed by atoms with Gasteiger partial charge in [-0.15, -0.1) is 0 Å². The molecular formula is C20H23FN4O2S. The Morgan fingerprint density at radius 3 is 2.50 bits per heavy atom. The van der Waals surface area contributed by atoms with E-state index in [1.807, 2.05) is 6.07 Å². The van der Waals surface area contributed by atoms with Crippen LogP contribution in [0.4, 0.5) is 10.1 Å². The number of halogens is 1. The molecule has 0 aromatic carbocycles. The maximum Gasteiger partial charge on any atom is 0.271 e. The van der Waals surface area contributed by atoms with Crippen molar-refractivity contribution in [1.82, 2.24) is 14.1 Å². The first-order chi connectivity index (χ1) is 13.4. The van der Waals surface area contributed by atoms with Crippen molar-refractivity contribution in [3.05, 3.63) is 43.8 Å². The molecule has 5 rings (SSSR count). The average Bonchev–Trinajstić information content (AvgIpc) is 3.39. The fraction of sp³-hybridized carbons (Fsp3) is 0.500. The number of rotatable bonds is 2. The van der Waals surface area contributed by atoms with Gasteiger partial charge in [-0.2, -0.15) is 0 Å². The SMILES string of the molecule is Cc1c(F)c(N2C[C@@H](C)N[C@@H](C)C2)cc2c(C3CC3)c3s[nH]c(=O)c3c(=O)n12. The summed E-state index contributed by atoms with van der Waals surface area (Å²) >= 11 is 1.22. The Hall–Kier alpha value is -2.19. The number of nitrogens with one attached hydrogen (secondary N) is 2. The van der Waals surface area contributed by atoms with Gasteiger partial charge in [-0.1, -0.05) is 11.5 Å². The fourth-order valence-electron chi connectivity index (χ4n) is 4.62. The van der Waals surface area contributed by atoms with Crippen LogP contribution in [0.5, 0.6) is 0 Å². The summed E-state index contributed by atoms with van der Waals surface area (Å²) in [6.07, 6.45) is 2.06. The van der Waals surface area contributed by atoms with Crippen LogP contribution in [0, 0.1) is 12.7 Å². The summed E-state index contributed by atoms with van der Waals surface area (Å²) in [5.74, 6) is -0.0632. The van der Waals surface area contributed by atoms with E-state index < -0.39 is 5.56 Å². The fourth-order valence-corrected chi connectivity index (χ4v) is 5.58. The number of anilines is 1. The van der Waals surface area contributed by atoms with Crippen LogP contribution in [0.1, 0.15) is 43.9 Å². The molecule has 1 saturated carbocycles. The molecule has 8 heteroatoms. The highest BCUT2D eigenvalue weighted by Crippen LogP contribution is 2.46. The van der Waals surface area contributed by atoms with Crippen LogP contribution < -0.4 is 21.3 Å². The van der Waals surface area contributed by atoms with Gasteiger partial charge in [0.05, 0.1) is 21.6 Å². The number of aromatic nitrogens is 2. The number of pyridine rings is 2. The summed E-state index contributed by atoms with van der Waals surface area (Å²) in [4.78, 5) is 27.4. The van der Waals surface area contributed by atoms with Gasteiger partial charge < -0.3 is 10.2 Å². The molecular weight excluding hydrogens is 379 g/mol. The van der Waals surface area contributed by atoms with Crippen LogP contribution >= 0.6 is 11.5 Å². The largest absolute Gasteiger partial charge is 0.366 e. The number of aryl methyl sites for hydroxylation is 1. The lowest BCUT2D eigenvalue weighted by Gasteiger charge is -2.38. The Morgan fingerprint density at radius 2 is 1.86 bits per heavy atom. The van der Waals surface area contributed by atoms with Gasteiger partial charge in [-0.25, -0.2) is 4.39 Å². The highest BCUT2D eigenvalue weighted by atomic mass is 32.1. The van der Waals surface area contributed by atoms with Gasteiger partial charge in [0.25, 0.3) is 11.1 Å². The second-order valence-corrected chi connectivity index (χ2v) is 9.07. The molecule has 1 saturated heterocycles. The lowest BCUT2D eigenvalue weighted by molar-refractivity contribution is 0.403. The first-order valence-corrected chi connectivity index (χ1v) is 10.6. The summed E-state index contributed by atoms with van der Waals surface area (Å²) in [5, 5.41) is 3.63. The highest BCUT2D eigenvalue weighted by Gasteiger charge is 2.32. The molecule has 2 aliphatic rings. The van der Waals surface area contributed by atoms with Crippen molar-refractivity contribution < 1.29 is 4.39 Å². The minimum atomic E-state index is -0.429. The van der Waals surface area contributed by atoms with Gasteiger partial charge in [-0.05, 0) is 51.2 Å². The van der Waals surface area contributed by atoms with Gasteiger partial charge >= 0.3 is 0 Å². The minimum absolute atomic E-state index is 0.157. The predicted octanol–water partition coefficient (Wildman–Crippen LogP) is 2.71. The minimum Gasteiger partial charge on any atom is -0.366 e. The van der Waals surface area contributed by atoms with Crippen LogP contribution in [0.2, 0.25) is 0 Å². The third-order valence-electron chi connectivity index (χ3n) is 5.91.